The molecular weight excluding hydrogens is 318 g/mol. The zero-order chi connectivity index (χ0) is 17.7. The van der Waals surface area contributed by atoms with Gasteiger partial charge in [0.25, 0.3) is 0 Å². The Bertz CT molecular complexity index is 1450. The van der Waals surface area contributed by atoms with Crippen LogP contribution in [0.25, 0.3) is 43.2 Å². The van der Waals surface area contributed by atoms with Crippen LogP contribution in [0.3, 0.4) is 0 Å². The van der Waals surface area contributed by atoms with Crippen LogP contribution in [-0.4, -0.2) is 4.98 Å². The van der Waals surface area contributed by atoms with E-state index in [1.54, 1.807) is 12.3 Å². The lowest BCUT2D eigenvalue weighted by atomic mass is 9.92. The van der Waals surface area contributed by atoms with E-state index in [1.807, 2.05) is 24.3 Å². The molecule has 118 valence electrons. The van der Waals surface area contributed by atoms with E-state index >= 15 is 0 Å². The monoisotopic (exact) mass is 329 g/mol. The van der Waals surface area contributed by atoms with Crippen molar-refractivity contribution in [3.8, 4) is 12.1 Å². The number of nitriles is 2. The van der Waals surface area contributed by atoms with Crippen molar-refractivity contribution in [1.82, 2.24) is 4.98 Å². The zero-order valence-corrected chi connectivity index (χ0v) is 13.7. The fourth-order valence-electron chi connectivity index (χ4n) is 3.73. The van der Waals surface area contributed by atoms with Gasteiger partial charge in [0, 0.05) is 17.0 Å². The van der Waals surface area contributed by atoms with Crippen LogP contribution >= 0.6 is 0 Å². The molecule has 0 N–H and O–H groups in total. The average molecular weight is 329 g/mol. The van der Waals surface area contributed by atoms with Gasteiger partial charge in [-0.3, -0.25) is 4.98 Å². The molecule has 1 heterocycles. The van der Waals surface area contributed by atoms with Gasteiger partial charge in [-0.05, 0) is 57.3 Å². The van der Waals surface area contributed by atoms with Crippen molar-refractivity contribution in [3.63, 3.8) is 0 Å². The molecule has 0 amide bonds. The molecule has 0 radical (unpaired) electrons. The second-order valence-electron chi connectivity index (χ2n) is 6.31. The predicted octanol–water partition coefficient (Wildman–Crippen LogP) is 5.44. The summed E-state index contributed by atoms with van der Waals surface area (Å²) < 4.78 is 0. The standard InChI is InChI=1S/C23H11N3/c24-12-16-10-21-20-9-15-5-2-1-4-14(15)8-19(20)18-6-3-7-26-23(18)22(21)11-17(16)13-25/h1-11H. The largest absolute Gasteiger partial charge is 0.256 e. The molecule has 1 aromatic heterocycles. The molecule has 3 nitrogen and oxygen atoms in total. The van der Waals surface area contributed by atoms with Gasteiger partial charge in [0.1, 0.15) is 12.1 Å². The topological polar surface area (TPSA) is 60.5 Å². The predicted molar refractivity (Wildman–Crippen MR) is 104 cm³/mol. The highest BCUT2D eigenvalue weighted by Crippen LogP contribution is 2.37. The number of hydrogen-bond donors (Lipinski definition) is 0. The molecule has 0 bridgehead atoms. The Morgan fingerprint density at radius 2 is 1.19 bits per heavy atom. The lowest BCUT2D eigenvalue weighted by Crippen LogP contribution is -1.90. The van der Waals surface area contributed by atoms with Crippen LogP contribution in [0.4, 0.5) is 0 Å². The van der Waals surface area contributed by atoms with Crippen molar-refractivity contribution < 1.29 is 0 Å². The smallest absolute Gasteiger partial charge is 0.101 e. The van der Waals surface area contributed by atoms with Crippen molar-refractivity contribution in [2.45, 2.75) is 0 Å². The van der Waals surface area contributed by atoms with Gasteiger partial charge in [-0.15, -0.1) is 0 Å². The highest BCUT2D eigenvalue weighted by molar-refractivity contribution is 6.26. The molecule has 0 aliphatic carbocycles. The van der Waals surface area contributed by atoms with E-state index in [-0.39, 0.29) is 0 Å². The van der Waals surface area contributed by atoms with Gasteiger partial charge in [0.05, 0.1) is 16.6 Å². The van der Waals surface area contributed by atoms with E-state index in [2.05, 4.69) is 47.5 Å². The summed E-state index contributed by atoms with van der Waals surface area (Å²) in [6.07, 6.45) is 1.76. The van der Waals surface area contributed by atoms with Crippen LogP contribution in [0, 0.1) is 22.7 Å². The van der Waals surface area contributed by atoms with Crippen LogP contribution in [0.1, 0.15) is 11.1 Å². The average Bonchev–Trinajstić information content (AvgIpc) is 2.71. The van der Waals surface area contributed by atoms with Crippen LogP contribution < -0.4 is 0 Å². The molecular formula is C23H11N3. The number of hydrogen-bond acceptors (Lipinski definition) is 3. The minimum Gasteiger partial charge on any atom is -0.256 e. The SMILES string of the molecule is N#Cc1cc2c3cc4ccccc4cc3c3cccnc3c2cc1C#N. The molecule has 0 unspecified atom stereocenters. The number of nitrogens with zero attached hydrogens (tertiary/aromatic N) is 3. The Balaban J connectivity index is 2.14. The van der Waals surface area contributed by atoms with E-state index in [4.69, 9.17) is 0 Å². The first-order valence-corrected chi connectivity index (χ1v) is 8.27. The van der Waals surface area contributed by atoms with Crippen LogP contribution in [0.2, 0.25) is 0 Å². The number of pyridine rings is 1. The van der Waals surface area contributed by atoms with Crippen molar-refractivity contribution >= 4 is 43.2 Å². The quantitative estimate of drug-likeness (QED) is 0.281. The van der Waals surface area contributed by atoms with Gasteiger partial charge in [-0.2, -0.15) is 10.5 Å². The lowest BCUT2D eigenvalue weighted by Gasteiger charge is -2.12. The first kappa shape index (κ1) is 14.4. The Morgan fingerprint density at radius 1 is 0.615 bits per heavy atom. The first-order valence-electron chi connectivity index (χ1n) is 8.27. The van der Waals surface area contributed by atoms with Gasteiger partial charge in [0.15, 0.2) is 0 Å². The van der Waals surface area contributed by atoms with Crippen LogP contribution in [0.15, 0.2) is 66.9 Å². The summed E-state index contributed by atoms with van der Waals surface area (Å²) in [7, 11) is 0. The normalized spacial score (nSPS) is 11.0. The number of aromatic nitrogens is 1. The molecule has 0 atom stereocenters. The Kier molecular flexibility index (Phi) is 2.92. The molecule has 5 rings (SSSR count). The molecule has 0 saturated heterocycles. The van der Waals surface area contributed by atoms with Gasteiger partial charge in [-0.25, -0.2) is 0 Å². The van der Waals surface area contributed by atoms with E-state index in [0.29, 0.717) is 11.1 Å². The molecule has 0 fully saturated rings. The van der Waals surface area contributed by atoms with Crippen LogP contribution in [0.5, 0.6) is 0 Å². The fourth-order valence-corrected chi connectivity index (χ4v) is 3.73. The highest BCUT2D eigenvalue weighted by atomic mass is 14.6. The summed E-state index contributed by atoms with van der Waals surface area (Å²) in [6.45, 7) is 0. The molecule has 26 heavy (non-hydrogen) atoms. The summed E-state index contributed by atoms with van der Waals surface area (Å²) >= 11 is 0. The van der Waals surface area contributed by atoms with Gasteiger partial charge in [0.2, 0.25) is 0 Å². The lowest BCUT2D eigenvalue weighted by molar-refractivity contribution is 1.42. The molecule has 0 spiro atoms. The maximum absolute atomic E-state index is 9.45. The summed E-state index contributed by atoms with van der Waals surface area (Å²) in [4.78, 5) is 4.58. The minimum atomic E-state index is 0.382. The van der Waals surface area contributed by atoms with Gasteiger partial charge < -0.3 is 0 Å². The molecule has 4 aromatic carbocycles. The summed E-state index contributed by atoms with van der Waals surface area (Å²) in [6, 6.07) is 24.4. The summed E-state index contributed by atoms with van der Waals surface area (Å²) in [5.41, 5.74) is 1.63. The maximum atomic E-state index is 9.45. The number of benzene rings is 4. The van der Waals surface area contributed by atoms with E-state index in [0.717, 1.165) is 37.8 Å². The van der Waals surface area contributed by atoms with Gasteiger partial charge >= 0.3 is 0 Å². The van der Waals surface area contributed by atoms with Crippen molar-refractivity contribution in [3.05, 3.63) is 78.0 Å². The fraction of sp³-hybridized carbons (Fsp3) is 0. The third kappa shape index (κ3) is 1.89. The molecule has 5 aromatic rings. The summed E-state index contributed by atoms with van der Waals surface area (Å²) in [5.74, 6) is 0. The minimum absolute atomic E-state index is 0.382. The molecule has 0 aliphatic heterocycles. The molecule has 0 aliphatic rings. The third-order valence-electron chi connectivity index (χ3n) is 4.93. The highest BCUT2D eigenvalue weighted by Gasteiger charge is 2.13. The van der Waals surface area contributed by atoms with E-state index in [1.165, 1.54) is 5.39 Å². The number of rotatable bonds is 0. The molecule has 3 heteroatoms. The van der Waals surface area contributed by atoms with Crippen molar-refractivity contribution in [2.75, 3.05) is 0 Å². The van der Waals surface area contributed by atoms with E-state index < -0.39 is 0 Å². The third-order valence-corrected chi connectivity index (χ3v) is 4.93. The van der Waals surface area contributed by atoms with Crippen molar-refractivity contribution in [2.24, 2.45) is 0 Å². The summed E-state index contributed by atoms with van der Waals surface area (Å²) in [5, 5.41) is 26.3. The maximum Gasteiger partial charge on any atom is 0.101 e. The van der Waals surface area contributed by atoms with Crippen molar-refractivity contribution in [1.29, 1.82) is 10.5 Å². The Hall–Kier alpha value is -3.95. The van der Waals surface area contributed by atoms with Crippen LogP contribution in [-0.2, 0) is 0 Å². The second kappa shape index (κ2) is 5.28. The zero-order valence-electron chi connectivity index (χ0n) is 13.7. The first-order chi connectivity index (χ1) is 12.8. The molecule has 0 saturated carbocycles. The Morgan fingerprint density at radius 3 is 1.85 bits per heavy atom. The number of fused-ring (bicyclic) bond motifs is 7. The van der Waals surface area contributed by atoms with E-state index in [9.17, 15) is 10.5 Å². The van der Waals surface area contributed by atoms with Gasteiger partial charge in [-0.1, -0.05) is 30.3 Å². The Labute approximate surface area is 149 Å². The second-order valence-corrected chi connectivity index (χ2v) is 6.31.